The summed E-state index contributed by atoms with van der Waals surface area (Å²) in [6.07, 6.45) is -2.70. The Morgan fingerprint density at radius 2 is 1.95 bits per heavy atom. The van der Waals surface area contributed by atoms with Crippen LogP contribution >= 0.6 is 0 Å². The van der Waals surface area contributed by atoms with Gasteiger partial charge in [-0.3, -0.25) is 13.9 Å². The Kier molecular flexibility index (Phi) is 5.96. The highest BCUT2D eigenvalue weighted by molar-refractivity contribution is 4.86. The maximum absolute atomic E-state index is 11.9. The van der Waals surface area contributed by atoms with Crippen LogP contribution < -0.4 is 17.0 Å². The molecule has 9 heteroatoms. The Bertz CT molecular complexity index is 536. The Morgan fingerprint density at radius 1 is 1.25 bits per heavy atom. The van der Waals surface area contributed by atoms with Crippen LogP contribution in [0.25, 0.3) is 0 Å². The number of nitrogens with zero attached hydrogens (tertiary/aromatic N) is 2. The van der Waals surface area contributed by atoms with Crippen molar-refractivity contribution in [3.8, 4) is 0 Å². The quantitative estimate of drug-likeness (QED) is 0.715. The SMILES string of the molecule is NCCCn1c(=O)ccn(CCOCC(F)(F)F)c1=O. The molecule has 0 radical (unpaired) electrons. The molecule has 0 bridgehead atoms. The fraction of sp³-hybridized carbons (Fsp3) is 0.636. The molecular weight excluding hydrogens is 279 g/mol. The van der Waals surface area contributed by atoms with Gasteiger partial charge in [0.2, 0.25) is 0 Å². The summed E-state index contributed by atoms with van der Waals surface area (Å²) < 4.78 is 42.1. The number of aromatic nitrogens is 2. The molecule has 0 aliphatic carbocycles. The van der Waals surface area contributed by atoms with Crippen molar-refractivity contribution in [2.75, 3.05) is 19.8 Å². The van der Waals surface area contributed by atoms with Crippen molar-refractivity contribution in [3.63, 3.8) is 0 Å². The summed E-state index contributed by atoms with van der Waals surface area (Å²) >= 11 is 0. The molecule has 20 heavy (non-hydrogen) atoms. The summed E-state index contributed by atoms with van der Waals surface area (Å²) in [6, 6.07) is 1.18. The molecule has 0 saturated heterocycles. The van der Waals surface area contributed by atoms with Gasteiger partial charge in [-0.05, 0) is 13.0 Å². The summed E-state index contributed by atoms with van der Waals surface area (Å²) in [5, 5.41) is 0. The molecule has 1 aromatic rings. The largest absolute Gasteiger partial charge is 0.411 e. The van der Waals surface area contributed by atoms with Gasteiger partial charge in [0, 0.05) is 18.8 Å². The predicted octanol–water partition coefficient (Wildman–Crippen LogP) is -0.0623. The summed E-state index contributed by atoms with van der Waals surface area (Å²) in [7, 11) is 0. The summed E-state index contributed by atoms with van der Waals surface area (Å²) in [5.41, 5.74) is 4.26. The van der Waals surface area contributed by atoms with E-state index in [1.807, 2.05) is 0 Å². The Balaban J connectivity index is 2.67. The first kappa shape index (κ1) is 16.4. The zero-order valence-corrected chi connectivity index (χ0v) is 10.7. The van der Waals surface area contributed by atoms with Crippen LogP contribution in [-0.4, -0.2) is 35.1 Å². The minimum Gasteiger partial charge on any atom is -0.370 e. The second-order valence-corrected chi connectivity index (χ2v) is 4.09. The van der Waals surface area contributed by atoms with Crippen LogP contribution in [0.3, 0.4) is 0 Å². The highest BCUT2D eigenvalue weighted by Crippen LogP contribution is 2.14. The van der Waals surface area contributed by atoms with Crippen molar-refractivity contribution in [2.24, 2.45) is 5.73 Å². The van der Waals surface area contributed by atoms with Crippen molar-refractivity contribution in [2.45, 2.75) is 25.7 Å². The van der Waals surface area contributed by atoms with E-state index in [2.05, 4.69) is 4.74 Å². The Hall–Kier alpha value is -1.61. The molecule has 0 aliphatic heterocycles. The molecule has 0 spiro atoms. The van der Waals surface area contributed by atoms with Gasteiger partial charge in [-0.1, -0.05) is 0 Å². The zero-order chi connectivity index (χ0) is 15.2. The van der Waals surface area contributed by atoms with E-state index in [0.29, 0.717) is 13.0 Å². The normalized spacial score (nSPS) is 11.8. The average molecular weight is 295 g/mol. The van der Waals surface area contributed by atoms with E-state index in [0.717, 1.165) is 9.13 Å². The van der Waals surface area contributed by atoms with Crippen molar-refractivity contribution in [3.05, 3.63) is 33.1 Å². The molecule has 0 amide bonds. The first-order valence-corrected chi connectivity index (χ1v) is 6.00. The number of hydrogen-bond donors (Lipinski definition) is 1. The van der Waals surface area contributed by atoms with E-state index in [9.17, 15) is 22.8 Å². The minimum atomic E-state index is -4.40. The highest BCUT2D eigenvalue weighted by atomic mass is 19.4. The third kappa shape index (κ3) is 5.17. The molecule has 2 N–H and O–H groups in total. The lowest BCUT2D eigenvalue weighted by Gasteiger charge is -2.11. The summed E-state index contributed by atoms with van der Waals surface area (Å²) in [4.78, 5) is 23.4. The maximum atomic E-state index is 11.9. The lowest BCUT2D eigenvalue weighted by atomic mass is 10.4. The van der Waals surface area contributed by atoms with Gasteiger partial charge in [0.1, 0.15) is 6.61 Å². The molecule has 0 fully saturated rings. The molecule has 0 unspecified atom stereocenters. The van der Waals surface area contributed by atoms with E-state index in [-0.39, 0.29) is 19.7 Å². The van der Waals surface area contributed by atoms with Crippen LogP contribution in [0.5, 0.6) is 0 Å². The van der Waals surface area contributed by atoms with Gasteiger partial charge in [-0.25, -0.2) is 4.79 Å². The van der Waals surface area contributed by atoms with Gasteiger partial charge in [0.25, 0.3) is 5.56 Å². The molecule has 0 atom stereocenters. The number of halogens is 3. The monoisotopic (exact) mass is 295 g/mol. The second-order valence-electron chi connectivity index (χ2n) is 4.09. The third-order valence-electron chi connectivity index (χ3n) is 2.47. The fourth-order valence-electron chi connectivity index (χ4n) is 1.53. The van der Waals surface area contributed by atoms with Crippen LogP contribution in [-0.2, 0) is 17.8 Å². The van der Waals surface area contributed by atoms with Gasteiger partial charge < -0.3 is 10.5 Å². The van der Waals surface area contributed by atoms with Crippen molar-refractivity contribution in [1.82, 2.24) is 9.13 Å². The van der Waals surface area contributed by atoms with E-state index >= 15 is 0 Å². The number of rotatable bonds is 7. The first-order valence-electron chi connectivity index (χ1n) is 6.00. The van der Waals surface area contributed by atoms with Gasteiger partial charge in [-0.15, -0.1) is 0 Å². The number of ether oxygens (including phenoxy) is 1. The molecular formula is C11H16F3N3O3. The van der Waals surface area contributed by atoms with Gasteiger partial charge in [-0.2, -0.15) is 13.2 Å². The molecule has 0 aromatic carbocycles. The minimum absolute atomic E-state index is 0.0577. The van der Waals surface area contributed by atoms with Crippen molar-refractivity contribution >= 4 is 0 Å². The Morgan fingerprint density at radius 3 is 2.55 bits per heavy atom. The van der Waals surface area contributed by atoms with Crippen molar-refractivity contribution in [1.29, 1.82) is 0 Å². The lowest BCUT2D eigenvalue weighted by molar-refractivity contribution is -0.174. The maximum Gasteiger partial charge on any atom is 0.411 e. The van der Waals surface area contributed by atoms with E-state index in [1.54, 1.807) is 0 Å². The zero-order valence-electron chi connectivity index (χ0n) is 10.7. The summed E-state index contributed by atoms with van der Waals surface area (Å²) in [5.74, 6) is 0. The van der Waals surface area contributed by atoms with E-state index in [1.165, 1.54) is 12.3 Å². The van der Waals surface area contributed by atoms with Crippen LogP contribution in [0.4, 0.5) is 13.2 Å². The molecule has 6 nitrogen and oxygen atoms in total. The van der Waals surface area contributed by atoms with E-state index < -0.39 is 24.0 Å². The fourth-order valence-corrected chi connectivity index (χ4v) is 1.53. The second kappa shape index (κ2) is 7.25. The average Bonchev–Trinajstić information content (AvgIpc) is 2.35. The first-order chi connectivity index (χ1) is 9.35. The number of hydrogen-bond acceptors (Lipinski definition) is 4. The van der Waals surface area contributed by atoms with Crippen molar-refractivity contribution < 1.29 is 17.9 Å². The topological polar surface area (TPSA) is 79.2 Å². The molecule has 114 valence electrons. The van der Waals surface area contributed by atoms with Gasteiger partial charge >= 0.3 is 11.9 Å². The Labute approximate surface area is 112 Å². The van der Waals surface area contributed by atoms with Crippen LogP contribution in [0.1, 0.15) is 6.42 Å². The third-order valence-corrected chi connectivity index (χ3v) is 2.47. The van der Waals surface area contributed by atoms with E-state index in [4.69, 9.17) is 5.73 Å². The summed E-state index contributed by atoms with van der Waals surface area (Å²) in [6.45, 7) is -1.19. The van der Waals surface area contributed by atoms with Crippen LogP contribution in [0, 0.1) is 0 Å². The lowest BCUT2D eigenvalue weighted by Crippen LogP contribution is -2.40. The van der Waals surface area contributed by atoms with Crippen LogP contribution in [0.15, 0.2) is 21.9 Å². The van der Waals surface area contributed by atoms with Gasteiger partial charge in [0.15, 0.2) is 0 Å². The van der Waals surface area contributed by atoms with Crippen LogP contribution in [0.2, 0.25) is 0 Å². The molecule has 1 heterocycles. The molecule has 1 rings (SSSR count). The molecule has 1 aromatic heterocycles. The number of nitrogens with two attached hydrogens (primary N) is 1. The highest BCUT2D eigenvalue weighted by Gasteiger charge is 2.27. The molecule has 0 saturated carbocycles. The van der Waals surface area contributed by atoms with Gasteiger partial charge in [0.05, 0.1) is 13.2 Å². The number of alkyl halides is 3. The predicted molar refractivity (Wildman–Crippen MR) is 65.5 cm³/mol. The molecule has 0 aliphatic rings. The standard InChI is InChI=1S/C11H16F3N3O3/c12-11(13,14)8-20-7-6-16-5-2-9(18)17(10(16)19)4-1-3-15/h2,5H,1,3-4,6-8,15H2. The smallest absolute Gasteiger partial charge is 0.370 e.